The van der Waals surface area contributed by atoms with Crippen LogP contribution in [0, 0.1) is 5.41 Å². The van der Waals surface area contributed by atoms with Gasteiger partial charge in [0.15, 0.2) is 0 Å². The summed E-state index contributed by atoms with van der Waals surface area (Å²) in [5, 5.41) is 7.12. The molecule has 36 heavy (non-hydrogen) atoms. The molecule has 1 aromatic rings. The van der Waals surface area contributed by atoms with E-state index >= 15 is 0 Å². The molecule has 11 heteroatoms. The monoisotopic (exact) mass is 513 g/mol. The first-order valence-electron chi connectivity index (χ1n) is 12.3. The van der Waals surface area contributed by atoms with Gasteiger partial charge in [0.05, 0.1) is 25.0 Å². The second kappa shape index (κ2) is 12.1. The number of hydrogen-bond acceptors (Lipinski definition) is 5. The number of likely N-dealkylation sites (tertiary alicyclic amines) is 2. The van der Waals surface area contributed by atoms with Crippen LogP contribution in [0.4, 0.5) is 13.2 Å². The van der Waals surface area contributed by atoms with Gasteiger partial charge in [-0.3, -0.25) is 14.5 Å². The number of nitrogens with zero attached hydrogens (tertiary/aromatic N) is 3. The van der Waals surface area contributed by atoms with E-state index in [2.05, 4.69) is 11.8 Å². The van der Waals surface area contributed by atoms with Crippen LogP contribution in [-0.2, 0) is 25.5 Å². The number of carbonyl (C=O) groups is 3. The van der Waals surface area contributed by atoms with Crippen LogP contribution < -0.4 is 0 Å². The van der Waals surface area contributed by atoms with Gasteiger partial charge in [0.25, 0.3) is 0 Å². The summed E-state index contributed by atoms with van der Waals surface area (Å²) < 4.78 is 37.2. The summed E-state index contributed by atoms with van der Waals surface area (Å²) in [7, 11) is 0. The summed E-state index contributed by atoms with van der Waals surface area (Å²) in [4.78, 5) is 42.0. The third kappa shape index (κ3) is 6.56. The Morgan fingerprint density at radius 2 is 1.61 bits per heavy atom. The van der Waals surface area contributed by atoms with E-state index in [1.165, 1.54) is 0 Å². The molecule has 0 aliphatic carbocycles. The van der Waals surface area contributed by atoms with Gasteiger partial charge in [-0.25, -0.2) is 4.79 Å². The summed E-state index contributed by atoms with van der Waals surface area (Å²) in [5.41, 5.74) is 0.700. The van der Waals surface area contributed by atoms with Crippen molar-refractivity contribution in [2.24, 2.45) is 5.41 Å². The summed E-state index contributed by atoms with van der Waals surface area (Å²) in [6.45, 7) is 8.18. The number of ether oxygens (including phenoxy) is 1. The van der Waals surface area contributed by atoms with Crippen LogP contribution >= 0.6 is 0 Å². The zero-order chi connectivity index (χ0) is 26.3. The van der Waals surface area contributed by atoms with Crippen LogP contribution in [0.25, 0.3) is 0 Å². The number of carbonyl (C=O) groups excluding carboxylic acids is 2. The summed E-state index contributed by atoms with van der Waals surface area (Å²) in [5.74, 6) is -2.29. The zero-order valence-corrected chi connectivity index (χ0v) is 20.5. The van der Waals surface area contributed by atoms with Crippen molar-refractivity contribution in [3.63, 3.8) is 0 Å². The van der Waals surface area contributed by atoms with E-state index in [0.29, 0.717) is 45.2 Å². The van der Waals surface area contributed by atoms with Crippen molar-refractivity contribution in [3.05, 3.63) is 35.9 Å². The van der Waals surface area contributed by atoms with Crippen molar-refractivity contribution in [2.75, 3.05) is 52.5 Å². The molecule has 0 saturated carbocycles. The Labute approximate surface area is 209 Å². The molecule has 200 valence electrons. The highest BCUT2D eigenvalue weighted by Crippen LogP contribution is 2.45. The number of alkyl halides is 3. The molecule has 3 aliphatic heterocycles. The van der Waals surface area contributed by atoms with Crippen molar-refractivity contribution in [1.82, 2.24) is 14.7 Å². The van der Waals surface area contributed by atoms with Gasteiger partial charge in [0, 0.05) is 32.2 Å². The largest absolute Gasteiger partial charge is 0.490 e. The smallest absolute Gasteiger partial charge is 0.475 e. The molecule has 3 heterocycles. The zero-order valence-electron chi connectivity index (χ0n) is 20.5. The predicted molar refractivity (Wildman–Crippen MR) is 125 cm³/mol. The van der Waals surface area contributed by atoms with E-state index in [0.717, 1.165) is 44.5 Å². The molecule has 0 radical (unpaired) electrons. The maximum absolute atomic E-state index is 13.7. The molecule has 1 N–H and O–H groups in total. The number of rotatable bonds is 4. The Morgan fingerprint density at radius 1 is 1.00 bits per heavy atom. The van der Waals surface area contributed by atoms with E-state index in [-0.39, 0.29) is 17.4 Å². The number of halogens is 3. The normalized spacial score (nSPS) is 24.8. The lowest BCUT2D eigenvalue weighted by atomic mass is 9.75. The minimum atomic E-state index is -5.08. The van der Waals surface area contributed by atoms with Gasteiger partial charge < -0.3 is 19.6 Å². The number of amides is 2. The average molecular weight is 514 g/mol. The highest BCUT2D eigenvalue weighted by atomic mass is 19.4. The van der Waals surface area contributed by atoms with Crippen LogP contribution in [0.15, 0.2) is 30.3 Å². The van der Waals surface area contributed by atoms with Gasteiger partial charge in [0.1, 0.15) is 0 Å². The molecule has 0 aromatic heterocycles. The summed E-state index contributed by atoms with van der Waals surface area (Å²) >= 11 is 0. The van der Waals surface area contributed by atoms with Crippen LogP contribution in [0.5, 0.6) is 0 Å². The maximum atomic E-state index is 13.7. The van der Waals surface area contributed by atoms with Gasteiger partial charge in [-0.05, 0) is 37.9 Å². The topological polar surface area (TPSA) is 90.4 Å². The molecule has 1 aromatic carbocycles. The van der Waals surface area contributed by atoms with E-state index in [1.807, 2.05) is 40.1 Å². The standard InChI is InChI=1S/C23H33N3O3.C2HF3O2/c1-2-24-12-9-23(22(28)26-14-16-29-17-15-26)10-13-25(11-8-20(23)24)21(27)18-19-6-4-3-5-7-19;3-2(4,5)1(6)7/h3-7,20H,2,8-18H2,1H3;(H,6,7)/t20-,23-;/m1./s1. The van der Waals surface area contributed by atoms with Crippen molar-refractivity contribution < 1.29 is 37.4 Å². The lowest BCUT2D eigenvalue weighted by molar-refractivity contribution is -0.192. The second-order valence-corrected chi connectivity index (χ2v) is 9.34. The number of benzene rings is 1. The Kier molecular flexibility index (Phi) is 9.35. The minimum Gasteiger partial charge on any atom is -0.475 e. The second-order valence-electron chi connectivity index (χ2n) is 9.34. The number of carboxylic acid groups (broad SMARTS) is 1. The van der Waals surface area contributed by atoms with Crippen molar-refractivity contribution >= 4 is 17.8 Å². The molecule has 0 unspecified atom stereocenters. The molecule has 3 fully saturated rings. The number of aliphatic carboxylic acids is 1. The maximum Gasteiger partial charge on any atom is 0.490 e. The fraction of sp³-hybridized carbons (Fsp3) is 0.640. The number of fused-ring (bicyclic) bond motifs is 1. The first-order valence-corrected chi connectivity index (χ1v) is 12.3. The number of morpholine rings is 1. The van der Waals surface area contributed by atoms with Gasteiger partial charge in [-0.15, -0.1) is 0 Å². The van der Waals surface area contributed by atoms with E-state index < -0.39 is 12.1 Å². The predicted octanol–water partition coefficient (Wildman–Crippen LogP) is 2.42. The van der Waals surface area contributed by atoms with Gasteiger partial charge in [0.2, 0.25) is 11.8 Å². The molecular weight excluding hydrogens is 479 g/mol. The third-order valence-corrected chi connectivity index (χ3v) is 7.35. The quantitative estimate of drug-likeness (QED) is 0.665. The molecular formula is C25H34F3N3O5. The lowest BCUT2D eigenvalue weighted by Gasteiger charge is -2.40. The number of carboxylic acids is 1. The lowest BCUT2D eigenvalue weighted by Crippen LogP contribution is -2.53. The fourth-order valence-electron chi connectivity index (χ4n) is 5.44. The Hall–Kier alpha value is -2.66. The van der Waals surface area contributed by atoms with E-state index in [9.17, 15) is 22.8 Å². The Balaban J connectivity index is 0.000000454. The first kappa shape index (κ1) is 27.9. The molecule has 4 rings (SSSR count). The van der Waals surface area contributed by atoms with Crippen molar-refractivity contribution in [3.8, 4) is 0 Å². The third-order valence-electron chi connectivity index (χ3n) is 7.35. The summed E-state index contributed by atoms with van der Waals surface area (Å²) in [6.07, 6.45) is -2.09. The van der Waals surface area contributed by atoms with Gasteiger partial charge >= 0.3 is 12.1 Å². The molecule has 3 aliphatic rings. The van der Waals surface area contributed by atoms with Crippen molar-refractivity contribution in [1.29, 1.82) is 0 Å². The molecule has 2 atom stereocenters. The van der Waals surface area contributed by atoms with Gasteiger partial charge in [-0.2, -0.15) is 13.2 Å². The minimum absolute atomic E-state index is 0.174. The van der Waals surface area contributed by atoms with Crippen LogP contribution in [-0.4, -0.2) is 102 Å². The molecule has 0 bridgehead atoms. The SMILES string of the molecule is CCN1CC[C@@]2(C(=O)N3CCOCC3)CCN(C(=O)Cc3ccccc3)CC[C@@H]12.O=C(O)C(F)(F)F. The van der Waals surface area contributed by atoms with Crippen LogP contribution in [0.3, 0.4) is 0 Å². The fourth-order valence-corrected chi connectivity index (χ4v) is 5.44. The number of hydrogen-bond donors (Lipinski definition) is 1. The van der Waals surface area contributed by atoms with Gasteiger partial charge in [-0.1, -0.05) is 37.3 Å². The highest BCUT2D eigenvalue weighted by molar-refractivity contribution is 5.85. The van der Waals surface area contributed by atoms with E-state index in [4.69, 9.17) is 14.6 Å². The molecule has 3 saturated heterocycles. The van der Waals surface area contributed by atoms with Crippen LogP contribution in [0.2, 0.25) is 0 Å². The Morgan fingerprint density at radius 3 is 2.19 bits per heavy atom. The summed E-state index contributed by atoms with van der Waals surface area (Å²) in [6, 6.07) is 10.2. The highest BCUT2D eigenvalue weighted by Gasteiger charge is 2.54. The van der Waals surface area contributed by atoms with Crippen molar-refractivity contribution in [2.45, 2.75) is 44.8 Å². The molecule has 0 spiro atoms. The average Bonchev–Trinajstić information content (AvgIpc) is 3.11. The molecule has 8 nitrogen and oxygen atoms in total. The Bertz CT molecular complexity index is 908. The van der Waals surface area contributed by atoms with Crippen LogP contribution in [0.1, 0.15) is 31.7 Å². The first-order chi connectivity index (χ1) is 17.1. The molecule has 2 amide bonds. The van der Waals surface area contributed by atoms with E-state index in [1.54, 1.807) is 0 Å².